The largest absolute Gasteiger partial charge is 0.264 e. The zero-order chi connectivity index (χ0) is 9.68. The number of nitrogens with zero attached hydrogens (tertiary/aromatic N) is 1. The summed E-state index contributed by atoms with van der Waals surface area (Å²) in [7, 11) is 0. The zero-order valence-corrected chi connectivity index (χ0v) is 8.37. The third kappa shape index (κ3) is 3.33. The molecule has 0 amide bonds. The van der Waals surface area contributed by atoms with E-state index in [1.807, 2.05) is 0 Å². The third-order valence-electron chi connectivity index (χ3n) is 2.97. The van der Waals surface area contributed by atoms with Crippen LogP contribution in [-0.4, -0.2) is 11.0 Å². The minimum absolute atomic E-state index is 0.122. The van der Waals surface area contributed by atoms with Crippen molar-refractivity contribution in [1.82, 2.24) is 0 Å². The Kier molecular flexibility index (Phi) is 4.19. The lowest BCUT2D eigenvalue weighted by Crippen LogP contribution is -2.35. The van der Waals surface area contributed by atoms with E-state index in [1.54, 1.807) is 0 Å². The van der Waals surface area contributed by atoms with Crippen LogP contribution >= 0.6 is 0 Å². The molecule has 0 aromatic carbocycles. The van der Waals surface area contributed by atoms with Crippen molar-refractivity contribution in [1.29, 1.82) is 0 Å². The van der Waals surface area contributed by atoms with Crippen LogP contribution in [0.4, 0.5) is 0 Å². The number of hydrogen-bond donors (Lipinski definition) is 0. The predicted octanol–water partition coefficient (Wildman–Crippen LogP) is 3.01. The lowest BCUT2D eigenvalue weighted by molar-refractivity contribution is -0.541. The van der Waals surface area contributed by atoms with Crippen molar-refractivity contribution in [3.05, 3.63) is 10.1 Å². The average Bonchev–Trinajstić information content (AvgIpc) is 2.00. The van der Waals surface area contributed by atoms with Gasteiger partial charge in [0.15, 0.2) is 0 Å². The quantitative estimate of drug-likeness (QED) is 0.362. The molecule has 0 atom stereocenters. The van der Waals surface area contributed by atoms with Crippen molar-refractivity contribution in [3.63, 3.8) is 0 Å². The van der Waals surface area contributed by atoms with Crippen molar-refractivity contribution in [2.45, 2.75) is 57.9 Å². The molecule has 0 heterocycles. The fourth-order valence-corrected chi connectivity index (χ4v) is 1.97. The molecule has 0 saturated heterocycles. The smallest absolute Gasteiger partial charge is 0.213 e. The predicted molar refractivity (Wildman–Crippen MR) is 52.3 cm³/mol. The molecule has 0 N–H and O–H groups in total. The highest BCUT2D eigenvalue weighted by Gasteiger charge is 2.36. The first-order chi connectivity index (χ1) is 6.24. The summed E-state index contributed by atoms with van der Waals surface area (Å²) in [5.41, 5.74) is 0. The second-order valence-corrected chi connectivity index (χ2v) is 4.13. The van der Waals surface area contributed by atoms with Crippen molar-refractivity contribution >= 4 is 0 Å². The summed E-state index contributed by atoms with van der Waals surface area (Å²) in [5.74, 6) is 0.659. The second kappa shape index (κ2) is 5.20. The van der Waals surface area contributed by atoms with E-state index < -0.39 is 0 Å². The highest BCUT2D eigenvalue weighted by atomic mass is 16.6. The molecular weight excluding hydrogens is 166 g/mol. The Hall–Kier alpha value is -0.600. The van der Waals surface area contributed by atoms with E-state index in [2.05, 4.69) is 6.92 Å². The summed E-state index contributed by atoms with van der Waals surface area (Å²) in [4.78, 5) is 10.2. The Morgan fingerprint density at radius 3 is 2.54 bits per heavy atom. The molecule has 3 nitrogen and oxygen atoms in total. The van der Waals surface area contributed by atoms with Crippen LogP contribution in [-0.2, 0) is 0 Å². The Bertz CT molecular complexity index is 164. The monoisotopic (exact) mass is 185 g/mol. The van der Waals surface area contributed by atoms with Crippen LogP contribution in [0.25, 0.3) is 0 Å². The minimum Gasteiger partial charge on any atom is -0.264 e. The molecule has 76 valence electrons. The highest BCUT2D eigenvalue weighted by Crippen LogP contribution is 2.33. The van der Waals surface area contributed by atoms with Gasteiger partial charge in [0.05, 0.1) is 0 Å². The van der Waals surface area contributed by atoms with Crippen LogP contribution in [0.5, 0.6) is 0 Å². The SMILES string of the molecule is CCCCCCC1CC([N+](=O)[O-])C1. The second-order valence-electron chi connectivity index (χ2n) is 4.13. The van der Waals surface area contributed by atoms with Crippen molar-refractivity contribution < 1.29 is 4.92 Å². The van der Waals surface area contributed by atoms with E-state index in [-0.39, 0.29) is 11.0 Å². The van der Waals surface area contributed by atoms with Crippen LogP contribution < -0.4 is 0 Å². The van der Waals surface area contributed by atoms with Gasteiger partial charge < -0.3 is 0 Å². The number of rotatable bonds is 6. The van der Waals surface area contributed by atoms with Crippen molar-refractivity contribution in [2.24, 2.45) is 5.92 Å². The van der Waals surface area contributed by atoms with Crippen LogP contribution in [0.15, 0.2) is 0 Å². The van der Waals surface area contributed by atoms with Gasteiger partial charge in [-0.3, -0.25) is 10.1 Å². The van der Waals surface area contributed by atoms with E-state index in [1.165, 1.54) is 32.1 Å². The summed E-state index contributed by atoms with van der Waals surface area (Å²) < 4.78 is 0. The minimum atomic E-state index is -0.212. The normalized spacial score (nSPS) is 26.8. The van der Waals surface area contributed by atoms with Crippen LogP contribution in [0.3, 0.4) is 0 Å². The Morgan fingerprint density at radius 1 is 1.31 bits per heavy atom. The molecule has 0 spiro atoms. The molecule has 13 heavy (non-hydrogen) atoms. The first-order valence-electron chi connectivity index (χ1n) is 5.37. The highest BCUT2D eigenvalue weighted by molar-refractivity contribution is 4.78. The summed E-state index contributed by atoms with van der Waals surface area (Å²) in [6.45, 7) is 2.20. The molecule has 0 bridgehead atoms. The molecule has 3 heteroatoms. The molecule has 0 aromatic heterocycles. The lowest BCUT2D eigenvalue weighted by Gasteiger charge is -2.28. The summed E-state index contributed by atoms with van der Waals surface area (Å²) in [5, 5.41) is 10.3. The summed E-state index contributed by atoms with van der Waals surface area (Å²) >= 11 is 0. The Labute approximate surface area is 79.7 Å². The van der Waals surface area contributed by atoms with Gasteiger partial charge in [0.1, 0.15) is 0 Å². The third-order valence-corrected chi connectivity index (χ3v) is 2.97. The number of unbranched alkanes of at least 4 members (excludes halogenated alkanes) is 3. The van der Waals surface area contributed by atoms with E-state index in [0.717, 1.165) is 12.8 Å². The fraction of sp³-hybridized carbons (Fsp3) is 1.00. The van der Waals surface area contributed by atoms with Gasteiger partial charge >= 0.3 is 0 Å². The van der Waals surface area contributed by atoms with Crippen LogP contribution in [0.1, 0.15) is 51.9 Å². The maximum atomic E-state index is 10.3. The number of nitro groups is 1. The molecule has 0 radical (unpaired) electrons. The topological polar surface area (TPSA) is 43.1 Å². The molecular formula is C10H19NO2. The van der Waals surface area contributed by atoms with Crippen LogP contribution in [0, 0.1) is 16.0 Å². The maximum absolute atomic E-state index is 10.3. The lowest BCUT2D eigenvalue weighted by atomic mass is 9.77. The fourth-order valence-electron chi connectivity index (χ4n) is 1.97. The van der Waals surface area contributed by atoms with Crippen molar-refractivity contribution in [3.8, 4) is 0 Å². The van der Waals surface area contributed by atoms with Gasteiger partial charge in [0.25, 0.3) is 0 Å². The van der Waals surface area contributed by atoms with E-state index in [9.17, 15) is 10.1 Å². The average molecular weight is 185 g/mol. The molecule has 0 aliphatic heterocycles. The van der Waals surface area contributed by atoms with Gasteiger partial charge in [0, 0.05) is 17.8 Å². The Morgan fingerprint density at radius 2 is 2.00 bits per heavy atom. The standard InChI is InChI=1S/C10H19NO2/c1-2-3-4-5-6-9-7-10(8-9)11(12)13/h9-10H,2-8H2,1H3. The first-order valence-corrected chi connectivity index (χ1v) is 5.37. The maximum Gasteiger partial charge on any atom is 0.213 e. The summed E-state index contributed by atoms with van der Waals surface area (Å²) in [6, 6.07) is -0.212. The molecule has 1 rings (SSSR count). The zero-order valence-electron chi connectivity index (χ0n) is 8.37. The molecule has 1 aliphatic rings. The van der Waals surface area contributed by atoms with Gasteiger partial charge in [0.2, 0.25) is 6.04 Å². The molecule has 0 unspecified atom stereocenters. The van der Waals surface area contributed by atoms with E-state index >= 15 is 0 Å². The molecule has 1 saturated carbocycles. The molecule has 1 aliphatic carbocycles. The van der Waals surface area contributed by atoms with Crippen LogP contribution in [0.2, 0.25) is 0 Å². The Balaban J connectivity index is 1.93. The molecule has 0 aromatic rings. The van der Waals surface area contributed by atoms with Gasteiger partial charge in [-0.15, -0.1) is 0 Å². The van der Waals surface area contributed by atoms with Gasteiger partial charge in [-0.1, -0.05) is 32.6 Å². The van der Waals surface area contributed by atoms with E-state index in [0.29, 0.717) is 5.92 Å². The number of hydrogen-bond acceptors (Lipinski definition) is 2. The van der Waals surface area contributed by atoms with Gasteiger partial charge in [-0.25, -0.2) is 0 Å². The van der Waals surface area contributed by atoms with Gasteiger partial charge in [-0.2, -0.15) is 0 Å². The van der Waals surface area contributed by atoms with Crippen molar-refractivity contribution in [2.75, 3.05) is 0 Å². The first kappa shape index (κ1) is 10.5. The van der Waals surface area contributed by atoms with E-state index in [4.69, 9.17) is 0 Å². The summed E-state index contributed by atoms with van der Waals surface area (Å²) in [6.07, 6.45) is 8.02. The molecule has 1 fully saturated rings. The van der Waals surface area contributed by atoms with Gasteiger partial charge in [-0.05, 0) is 12.3 Å².